The number of fused-ring (bicyclic) bond motifs is 1. The number of rotatable bonds is 4. The highest BCUT2D eigenvalue weighted by molar-refractivity contribution is 8.18. The van der Waals surface area contributed by atoms with Crippen LogP contribution in [0.1, 0.15) is 16.9 Å². The van der Waals surface area contributed by atoms with Gasteiger partial charge in [-0.2, -0.15) is 13.2 Å². The number of carbonyl (C=O) groups excluding carboxylic acids is 2. The van der Waals surface area contributed by atoms with Gasteiger partial charge in [0.15, 0.2) is 0 Å². The van der Waals surface area contributed by atoms with Crippen LogP contribution in [-0.4, -0.2) is 16.0 Å². The van der Waals surface area contributed by atoms with Gasteiger partial charge in [-0.1, -0.05) is 48.5 Å². The molecule has 0 bridgehead atoms. The number of amides is 2. The highest BCUT2D eigenvalue weighted by Crippen LogP contribution is 2.36. The fraction of sp³-hybridized carbons (Fsp3) is 0.0769. The molecule has 5 rings (SSSR count). The molecule has 1 aliphatic rings. The second-order valence-electron chi connectivity index (χ2n) is 7.73. The van der Waals surface area contributed by atoms with Gasteiger partial charge in [0.1, 0.15) is 11.5 Å². The Labute approximate surface area is 196 Å². The number of nitrogens with zero attached hydrogens (tertiary/aromatic N) is 1. The van der Waals surface area contributed by atoms with Crippen molar-refractivity contribution in [3.63, 3.8) is 0 Å². The molecule has 1 saturated heterocycles. The predicted octanol–water partition coefficient (Wildman–Crippen LogP) is 7.36. The molecule has 1 aliphatic heterocycles. The number of halogens is 3. The Bertz CT molecular complexity index is 1450. The molecule has 0 saturated carbocycles. The van der Waals surface area contributed by atoms with Crippen LogP contribution in [0.25, 0.3) is 28.2 Å². The molecule has 34 heavy (non-hydrogen) atoms. The van der Waals surface area contributed by atoms with E-state index < -0.39 is 22.9 Å². The van der Waals surface area contributed by atoms with Crippen molar-refractivity contribution in [2.45, 2.75) is 12.7 Å². The summed E-state index contributed by atoms with van der Waals surface area (Å²) in [5.41, 5.74) is 0.309. The van der Waals surface area contributed by atoms with Gasteiger partial charge in [0.25, 0.3) is 11.1 Å². The van der Waals surface area contributed by atoms with Crippen LogP contribution >= 0.6 is 11.8 Å². The lowest BCUT2D eigenvalue weighted by molar-refractivity contribution is -0.137. The second-order valence-corrected chi connectivity index (χ2v) is 8.72. The molecule has 0 spiro atoms. The fourth-order valence-corrected chi connectivity index (χ4v) is 4.54. The van der Waals surface area contributed by atoms with Crippen LogP contribution < -0.4 is 0 Å². The first kappa shape index (κ1) is 22.0. The van der Waals surface area contributed by atoms with E-state index in [2.05, 4.69) is 0 Å². The van der Waals surface area contributed by atoms with Crippen LogP contribution in [0, 0.1) is 0 Å². The van der Waals surface area contributed by atoms with Gasteiger partial charge in [0.2, 0.25) is 0 Å². The summed E-state index contributed by atoms with van der Waals surface area (Å²) in [7, 11) is 0. The number of furan rings is 1. The van der Waals surface area contributed by atoms with E-state index in [1.165, 1.54) is 24.3 Å². The van der Waals surface area contributed by atoms with Crippen molar-refractivity contribution in [3.05, 3.63) is 101 Å². The summed E-state index contributed by atoms with van der Waals surface area (Å²) in [6.07, 6.45) is -3.03. The second kappa shape index (κ2) is 8.53. The molecule has 0 N–H and O–H groups in total. The molecule has 3 aromatic carbocycles. The number of alkyl halides is 3. The van der Waals surface area contributed by atoms with E-state index in [1.807, 2.05) is 42.5 Å². The molecule has 8 heteroatoms. The highest BCUT2D eigenvalue weighted by Gasteiger charge is 2.35. The van der Waals surface area contributed by atoms with Crippen molar-refractivity contribution < 1.29 is 27.2 Å². The van der Waals surface area contributed by atoms with E-state index in [-0.39, 0.29) is 28.5 Å². The van der Waals surface area contributed by atoms with E-state index in [4.69, 9.17) is 4.42 Å². The number of thioether (sulfide) groups is 1. The van der Waals surface area contributed by atoms with Crippen molar-refractivity contribution in [2.75, 3.05) is 0 Å². The average Bonchev–Trinajstić information content (AvgIpc) is 3.39. The normalized spacial score (nSPS) is 15.6. The lowest BCUT2D eigenvalue weighted by Crippen LogP contribution is -2.27. The van der Waals surface area contributed by atoms with Crippen LogP contribution in [0.15, 0.2) is 88.2 Å². The monoisotopic (exact) mass is 479 g/mol. The van der Waals surface area contributed by atoms with E-state index in [1.54, 1.807) is 6.07 Å². The van der Waals surface area contributed by atoms with E-state index in [0.29, 0.717) is 0 Å². The minimum absolute atomic E-state index is 0.139. The molecule has 0 atom stereocenters. The Morgan fingerprint density at radius 3 is 2.47 bits per heavy atom. The van der Waals surface area contributed by atoms with Crippen LogP contribution in [-0.2, 0) is 17.5 Å². The average molecular weight is 479 g/mol. The molecule has 0 radical (unpaired) electrons. The zero-order valence-corrected chi connectivity index (χ0v) is 18.3. The maximum Gasteiger partial charge on any atom is 0.416 e. The molecule has 1 fully saturated rings. The number of imide groups is 1. The number of carbonyl (C=O) groups is 2. The first-order chi connectivity index (χ1) is 16.3. The molecule has 4 nitrogen and oxygen atoms in total. The van der Waals surface area contributed by atoms with Crippen molar-refractivity contribution in [1.82, 2.24) is 4.90 Å². The molecular weight excluding hydrogens is 463 g/mol. The third kappa shape index (κ3) is 4.36. The number of hydrogen-bond acceptors (Lipinski definition) is 4. The quantitative estimate of drug-likeness (QED) is 0.287. The minimum atomic E-state index is -4.46. The molecule has 0 aliphatic carbocycles. The lowest BCUT2D eigenvalue weighted by atomic mass is 10.1. The van der Waals surface area contributed by atoms with Gasteiger partial charge < -0.3 is 4.42 Å². The van der Waals surface area contributed by atoms with E-state index in [9.17, 15) is 22.8 Å². The third-order valence-electron chi connectivity index (χ3n) is 5.40. The maximum atomic E-state index is 13.0. The van der Waals surface area contributed by atoms with Gasteiger partial charge in [0, 0.05) is 11.6 Å². The Morgan fingerprint density at radius 1 is 0.882 bits per heavy atom. The Balaban J connectivity index is 1.35. The van der Waals surface area contributed by atoms with Crippen molar-refractivity contribution in [1.29, 1.82) is 0 Å². The van der Waals surface area contributed by atoms with E-state index >= 15 is 0 Å². The molecular formula is C26H16F3NO3S. The van der Waals surface area contributed by atoms with E-state index in [0.717, 1.165) is 45.1 Å². The molecule has 1 aromatic heterocycles. The molecule has 2 amide bonds. The van der Waals surface area contributed by atoms with Crippen LogP contribution in [0.3, 0.4) is 0 Å². The topological polar surface area (TPSA) is 50.5 Å². The van der Waals surface area contributed by atoms with Crippen molar-refractivity contribution >= 4 is 39.8 Å². The lowest BCUT2D eigenvalue weighted by Gasteiger charge is -2.13. The standard InChI is InChI=1S/C26H16F3NO3S/c27-26(28,29)20-7-3-6-19(13-20)22-11-10-21(33-22)14-23-24(31)30(25(32)34-23)15-16-8-9-17-4-1-2-5-18(17)12-16/h1-14H,15H2/b23-14-. The number of hydrogen-bond donors (Lipinski definition) is 0. The van der Waals surface area contributed by atoms with Crippen molar-refractivity contribution in [3.8, 4) is 11.3 Å². The Kier molecular flexibility index (Phi) is 5.53. The zero-order valence-electron chi connectivity index (χ0n) is 17.5. The summed E-state index contributed by atoms with van der Waals surface area (Å²) in [6, 6.07) is 21.4. The predicted molar refractivity (Wildman–Crippen MR) is 125 cm³/mol. The smallest absolute Gasteiger partial charge is 0.416 e. The summed E-state index contributed by atoms with van der Waals surface area (Å²) < 4.78 is 44.6. The van der Waals surface area contributed by atoms with Crippen LogP contribution in [0.5, 0.6) is 0 Å². The molecule has 4 aromatic rings. The third-order valence-corrected chi connectivity index (χ3v) is 6.31. The van der Waals surface area contributed by atoms with Gasteiger partial charge in [0.05, 0.1) is 17.0 Å². The highest BCUT2D eigenvalue weighted by atomic mass is 32.2. The largest absolute Gasteiger partial charge is 0.457 e. The van der Waals surface area contributed by atoms with Crippen LogP contribution in [0.2, 0.25) is 0 Å². The summed E-state index contributed by atoms with van der Waals surface area (Å²) in [6.45, 7) is 0.139. The fourth-order valence-electron chi connectivity index (χ4n) is 3.72. The summed E-state index contributed by atoms with van der Waals surface area (Å²) in [4.78, 5) is 26.7. The van der Waals surface area contributed by atoms with Gasteiger partial charge >= 0.3 is 6.18 Å². The van der Waals surface area contributed by atoms with Gasteiger partial charge in [-0.05, 0) is 58.4 Å². The Morgan fingerprint density at radius 2 is 1.68 bits per heavy atom. The summed E-state index contributed by atoms with van der Waals surface area (Å²) >= 11 is 0.800. The molecule has 0 unspecified atom stereocenters. The summed E-state index contributed by atoms with van der Waals surface area (Å²) in [5, 5.41) is 1.68. The van der Waals surface area contributed by atoms with Gasteiger partial charge in [-0.15, -0.1) is 0 Å². The van der Waals surface area contributed by atoms with Crippen LogP contribution in [0.4, 0.5) is 18.0 Å². The maximum absolute atomic E-state index is 13.0. The zero-order chi connectivity index (χ0) is 23.9. The molecule has 2 heterocycles. The SMILES string of the molecule is O=C1S/C(=C\c2ccc(-c3cccc(C(F)(F)F)c3)o2)C(=O)N1Cc1ccc2ccccc2c1. The Hall–Kier alpha value is -3.78. The van der Waals surface area contributed by atoms with Gasteiger partial charge in [-0.25, -0.2) is 0 Å². The van der Waals surface area contributed by atoms with Gasteiger partial charge in [-0.3, -0.25) is 14.5 Å². The number of benzene rings is 3. The molecule has 170 valence electrons. The first-order valence-electron chi connectivity index (χ1n) is 10.3. The minimum Gasteiger partial charge on any atom is -0.457 e. The summed E-state index contributed by atoms with van der Waals surface area (Å²) in [5.74, 6) is 0.0523. The van der Waals surface area contributed by atoms with Crippen molar-refractivity contribution in [2.24, 2.45) is 0 Å². The first-order valence-corrected chi connectivity index (χ1v) is 11.1.